The number of hydrogen-bond acceptors (Lipinski definition) is 4. The van der Waals surface area contributed by atoms with Gasteiger partial charge < -0.3 is 20.1 Å². The van der Waals surface area contributed by atoms with E-state index in [-0.39, 0.29) is 24.5 Å². The number of carbonyl (C=O) groups excluding carboxylic acids is 2. The fourth-order valence-electron chi connectivity index (χ4n) is 3.27. The first-order valence-electron chi connectivity index (χ1n) is 9.81. The molecule has 6 heteroatoms. The second-order valence-electron chi connectivity index (χ2n) is 7.01. The van der Waals surface area contributed by atoms with Crippen LogP contribution < -0.4 is 20.1 Å². The van der Waals surface area contributed by atoms with Crippen LogP contribution in [0.1, 0.15) is 24.4 Å². The molecule has 1 atom stereocenters. The SMILES string of the molecule is O=C(COc1ccc(Oc2ccccc2)cc1)Nc1cccc(C2CCC(=O)N2)c1. The van der Waals surface area contributed by atoms with Gasteiger partial charge in [-0.3, -0.25) is 9.59 Å². The van der Waals surface area contributed by atoms with Crippen LogP contribution in [0.15, 0.2) is 78.9 Å². The number of amides is 2. The van der Waals surface area contributed by atoms with E-state index >= 15 is 0 Å². The Kier molecular flexibility index (Phi) is 5.94. The van der Waals surface area contributed by atoms with Gasteiger partial charge in [0.25, 0.3) is 5.91 Å². The first-order valence-corrected chi connectivity index (χ1v) is 9.81. The molecule has 2 amide bonds. The van der Waals surface area contributed by atoms with Gasteiger partial charge in [-0.1, -0.05) is 30.3 Å². The Balaban J connectivity index is 1.28. The van der Waals surface area contributed by atoms with Crippen LogP contribution in [0.2, 0.25) is 0 Å². The predicted octanol–water partition coefficient (Wildman–Crippen LogP) is 4.45. The number of carbonyl (C=O) groups is 2. The molecule has 0 radical (unpaired) electrons. The molecule has 2 N–H and O–H groups in total. The Labute approximate surface area is 174 Å². The maximum Gasteiger partial charge on any atom is 0.262 e. The summed E-state index contributed by atoms with van der Waals surface area (Å²) in [5, 5.41) is 5.76. The van der Waals surface area contributed by atoms with E-state index in [9.17, 15) is 9.59 Å². The number of ether oxygens (including phenoxy) is 2. The van der Waals surface area contributed by atoms with Crippen molar-refractivity contribution in [2.24, 2.45) is 0 Å². The highest BCUT2D eigenvalue weighted by atomic mass is 16.5. The fraction of sp³-hybridized carbons (Fsp3) is 0.167. The summed E-state index contributed by atoms with van der Waals surface area (Å²) in [6, 6.07) is 24.1. The van der Waals surface area contributed by atoms with E-state index in [1.54, 1.807) is 24.3 Å². The lowest BCUT2D eigenvalue weighted by atomic mass is 10.0. The molecular weight excluding hydrogens is 380 g/mol. The number of anilines is 1. The highest BCUT2D eigenvalue weighted by Crippen LogP contribution is 2.26. The van der Waals surface area contributed by atoms with Gasteiger partial charge in [0.05, 0.1) is 6.04 Å². The topological polar surface area (TPSA) is 76.7 Å². The predicted molar refractivity (Wildman–Crippen MR) is 114 cm³/mol. The minimum Gasteiger partial charge on any atom is -0.484 e. The molecule has 0 bridgehead atoms. The summed E-state index contributed by atoms with van der Waals surface area (Å²) >= 11 is 0. The first-order chi connectivity index (χ1) is 14.7. The molecule has 3 aromatic rings. The average molecular weight is 402 g/mol. The monoisotopic (exact) mass is 402 g/mol. The zero-order chi connectivity index (χ0) is 20.8. The van der Waals surface area contributed by atoms with Crippen molar-refractivity contribution >= 4 is 17.5 Å². The van der Waals surface area contributed by atoms with Gasteiger partial charge in [-0.05, 0) is 60.5 Å². The molecule has 3 aromatic carbocycles. The van der Waals surface area contributed by atoms with Gasteiger partial charge >= 0.3 is 0 Å². The Morgan fingerprint density at radius 1 is 0.933 bits per heavy atom. The molecule has 1 heterocycles. The third-order valence-corrected chi connectivity index (χ3v) is 4.74. The van der Waals surface area contributed by atoms with Gasteiger partial charge in [-0.2, -0.15) is 0 Å². The number of benzene rings is 3. The molecule has 152 valence electrons. The maximum absolute atomic E-state index is 12.2. The maximum atomic E-state index is 12.2. The van der Waals surface area contributed by atoms with E-state index < -0.39 is 0 Å². The lowest BCUT2D eigenvalue weighted by molar-refractivity contribution is -0.119. The van der Waals surface area contributed by atoms with Gasteiger partial charge in [0.15, 0.2) is 6.61 Å². The van der Waals surface area contributed by atoms with E-state index in [4.69, 9.17) is 9.47 Å². The van der Waals surface area contributed by atoms with Crippen molar-refractivity contribution in [3.63, 3.8) is 0 Å². The molecule has 1 fully saturated rings. The summed E-state index contributed by atoms with van der Waals surface area (Å²) in [4.78, 5) is 23.7. The number of nitrogens with one attached hydrogen (secondary N) is 2. The van der Waals surface area contributed by atoms with Crippen LogP contribution in [0.4, 0.5) is 5.69 Å². The van der Waals surface area contributed by atoms with Crippen LogP contribution in [0.3, 0.4) is 0 Å². The molecule has 0 spiro atoms. The van der Waals surface area contributed by atoms with Gasteiger partial charge in [0.1, 0.15) is 17.2 Å². The molecule has 1 unspecified atom stereocenters. The van der Waals surface area contributed by atoms with Gasteiger partial charge in [-0.15, -0.1) is 0 Å². The second-order valence-corrected chi connectivity index (χ2v) is 7.01. The summed E-state index contributed by atoms with van der Waals surface area (Å²) in [5.41, 5.74) is 1.66. The minimum atomic E-state index is -0.257. The van der Waals surface area contributed by atoms with Crippen LogP contribution in [0.5, 0.6) is 17.2 Å². The molecular formula is C24H22N2O4. The average Bonchev–Trinajstić information content (AvgIpc) is 3.21. The molecule has 1 saturated heterocycles. The largest absolute Gasteiger partial charge is 0.484 e. The highest BCUT2D eigenvalue weighted by Gasteiger charge is 2.22. The van der Waals surface area contributed by atoms with E-state index in [1.165, 1.54) is 0 Å². The summed E-state index contributed by atoms with van der Waals surface area (Å²) in [5.74, 6) is 1.82. The van der Waals surface area contributed by atoms with Crippen LogP contribution in [0.25, 0.3) is 0 Å². The van der Waals surface area contributed by atoms with Crippen LogP contribution >= 0.6 is 0 Å². The van der Waals surface area contributed by atoms with E-state index in [0.717, 1.165) is 17.7 Å². The van der Waals surface area contributed by atoms with E-state index in [2.05, 4.69) is 10.6 Å². The smallest absolute Gasteiger partial charge is 0.262 e. The molecule has 1 aliphatic heterocycles. The minimum absolute atomic E-state index is 0.00206. The summed E-state index contributed by atoms with van der Waals surface area (Å²) in [6.07, 6.45) is 1.30. The number of rotatable bonds is 7. The lowest BCUT2D eigenvalue weighted by Gasteiger charge is -2.13. The van der Waals surface area contributed by atoms with Crippen molar-refractivity contribution in [2.75, 3.05) is 11.9 Å². The lowest BCUT2D eigenvalue weighted by Crippen LogP contribution is -2.21. The molecule has 6 nitrogen and oxygen atoms in total. The molecule has 0 aliphatic carbocycles. The second kappa shape index (κ2) is 9.13. The standard InChI is InChI=1S/C24H22N2O4/c27-23-14-13-22(26-23)17-5-4-6-18(15-17)25-24(28)16-29-19-9-11-21(12-10-19)30-20-7-2-1-3-8-20/h1-12,15,22H,13-14,16H2,(H,25,28)(H,26,27). The van der Waals surface area contributed by atoms with Gasteiger partial charge in [-0.25, -0.2) is 0 Å². The molecule has 1 aliphatic rings. The van der Waals surface area contributed by atoms with Crippen molar-refractivity contribution in [2.45, 2.75) is 18.9 Å². The summed E-state index contributed by atoms with van der Waals surface area (Å²) < 4.78 is 11.3. The van der Waals surface area contributed by atoms with Crippen molar-refractivity contribution in [1.29, 1.82) is 0 Å². The summed E-state index contributed by atoms with van der Waals surface area (Å²) in [7, 11) is 0. The number of hydrogen-bond donors (Lipinski definition) is 2. The van der Waals surface area contributed by atoms with E-state index in [1.807, 2.05) is 54.6 Å². The van der Waals surface area contributed by atoms with Gasteiger partial charge in [0, 0.05) is 12.1 Å². The highest BCUT2D eigenvalue weighted by molar-refractivity contribution is 5.92. The zero-order valence-corrected chi connectivity index (χ0v) is 16.3. The van der Waals surface area contributed by atoms with E-state index in [0.29, 0.717) is 23.6 Å². The third kappa shape index (κ3) is 5.17. The Bertz CT molecular complexity index is 1020. The van der Waals surface area contributed by atoms with Crippen molar-refractivity contribution in [1.82, 2.24) is 5.32 Å². The number of para-hydroxylation sites is 1. The first kappa shape index (κ1) is 19.5. The zero-order valence-electron chi connectivity index (χ0n) is 16.3. The fourth-order valence-corrected chi connectivity index (χ4v) is 3.27. The molecule has 0 aromatic heterocycles. The van der Waals surface area contributed by atoms with Crippen LogP contribution in [0, 0.1) is 0 Å². The van der Waals surface area contributed by atoms with Crippen molar-refractivity contribution in [3.8, 4) is 17.2 Å². The van der Waals surface area contributed by atoms with Crippen molar-refractivity contribution in [3.05, 3.63) is 84.4 Å². The Morgan fingerprint density at radius 3 is 2.40 bits per heavy atom. The van der Waals surface area contributed by atoms with Crippen molar-refractivity contribution < 1.29 is 19.1 Å². The molecule has 4 rings (SSSR count). The van der Waals surface area contributed by atoms with Crippen LogP contribution in [-0.4, -0.2) is 18.4 Å². The Morgan fingerprint density at radius 2 is 1.67 bits per heavy atom. The Hall–Kier alpha value is -3.80. The summed E-state index contributed by atoms with van der Waals surface area (Å²) in [6.45, 7) is -0.108. The normalized spacial score (nSPS) is 15.3. The van der Waals surface area contributed by atoms with Crippen LogP contribution in [-0.2, 0) is 9.59 Å². The quantitative estimate of drug-likeness (QED) is 0.612. The third-order valence-electron chi connectivity index (χ3n) is 4.74. The van der Waals surface area contributed by atoms with Gasteiger partial charge in [0.2, 0.25) is 5.91 Å². The molecule has 0 saturated carbocycles. The molecule has 30 heavy (non-hydrogen) atoms.